The maximum atomic E-state index is 12.5. The van der Waals surface area contributed by atoms with Crippen LogP contribution in [0.4, 0.5) is 5.69 Å². The van der Waals surface area contributed by atoms with E-state index in [9.17, 15) is 14.7 Å². The number of aromatic amines is 1. The van der Waals surface area contributed by atoms with Crippen molar-refractivity contribution in [2.45, 2.75) is 0 Å². The van der Waals surface area contributed by atoms with Crippen molar-refractivity contribution in [2.24, 2.45) is 0 Å². The number of hydrogen-bond donors (Lipinski definition) is 3. The van der Waals surface area contributed by atoms with Crippen molar-refractivity contribution in [3.05, 3.63) is 44.5 Å². The summed E-state index contributed by atoms with van der Waals surface area (Å²) in [6, 6.07) is 4.59. The third-order valence-corrected chi connectivity index (χ3v) is 4.76. The Morgan fingerprint density at radius 2 is 2.00 bits per heavy atom. The van der Waals surface area contributed by atoms with Crippen LogP contribution < -0.4 is 20.3 Å². The predicted octanol–water partition coefficient (Wildman–Crippen LogP) is 3.22. The topological polar surface area (TPSA) is 101 Å². The zero-order chi connectivity index (χ0) is 18.1. The second-order valence-electron chi connectivity index (χ2n) is 4.98. The van der Waals surface area contributed by atoms with Gasteiger partial charge in [-0.05, 0) is 17.5 Å². The third kappa shape index (κ3) is 3.01. The molecule has 0 unspecified atom stereocenters. The number of aromatic hydroxyl groups is 1. The molecule has 0 radical (unpaired) electrons. The summed E-state index contributed by atoms with van der Waals surface area (Å²) in [5.74, 6) is -0.488. The number of amides is 1. The Morgan fingerprint density at radius 1 is 1.28 bits per heavy atom. The summed E-state index contributed by atoms with van der Waals surface area (Å²) < 4.78 is 10.7. The Morgan fingerprint density at radius 3 is 2.68 bits per heavy atom. The van der Waals surface area contributed by atoms with Crippen LogP contribution in [0.2, 0.25) is 5.02 Å². The first-order chi connectivity index (χ1) is 12.0. The molecule has 0 aliphatic carbocycles. The third-order valence-electron chi connectivity index (χ3n) is 3.54. The number of thiophene rings is 1. The van der Waals surface area contributed by atoms with E-state index in [0.29, 0.717) is 21.7 Å². The Labute approximate surface area is 150 Å². The van der Waals surface area contributed by atoms with Crippen molar-refractivity contribution in [1.29, 1.82) is 0 Å². The fraction of sp³-hybridized carbons (Fsp3) is 0.125. The summed E-state index contributed by atoms with van der Waals surface area (Å²) in [6.07, 6.45) is 0. The molecule has 3 rings (SSSR count). The molecule has 25 heavy (non-hydrogen) atoms. The molecule has 0 atom stereocenters. The second-order valence-corrected chi connectivity index (χ2v) is 6.31. The van der Waals surface area contributed by atoms with Gasteiger partial charge in [0.05, 0.1) is 35.1 Å². The lowest BCUT2D eigenvalue weighted by atomic mass is 10.2. The van der Waals surface area contributed by atoms with Crippen molar-refractivity contribution >= 4 is 44.7 Å². The maximum Gasteiger partial charge on any atom is 0.265 e. The zero-order valence-corrected chi connectivity index (χ0v) is 14.7. The van der Waals surface area contributed by atoms with E-state index in [0.717, 1.165) is 0 Å². The van der Waals surface area contributed by atoms with E-state index in [2.05, 4.69) is 10.3 Å². The first kappa shape index (κ1) is 17.1. The van der Waals surface area contributed by atoms with Gasteiger partial charge in [0, 0.05) is 6.07 Å². The highest BCUT2D eigenvalue weighted by Gasteiger charge is 2.21. The first-order valence-electron chi connectivity index (χ1n) is 7.01. The van der Waals surface area contributed by atoms with Crippen LogP contribution in [0.1, 0.15) is 10.4 Å². The van der Waals surface area contributed by atoms with E-state index in [1.807, 2.05) is 0 Å². The van der Waals surface area contributed by atoms with Gasteiger partial charge in [-0.1, -0.05) is 11.6 Å². The summed E-state index contributed by atoms with van der Waals surface area (Å²) in [7, 11) is 2.87. The maximum absolute atomic E-state index is 12.5. The van der Waals surface area contributed by atoms with E-state index in [4.69, 9.17) is 21.1 Å². The molecule has 3 N–H and O–H groups in total. The SMILES string of the molecule is COc1cc(OC)c(NC(=O)c2c(O)c3sccc3[nH]c2=O)cc1Cl. The van der Waals surface area contributed by atoms with Crippen LogP contribution in [0.15, 0.2) is 28.4 Å². The smallest absolute Gasteiger partial charge is 0.265 e. The number of aromatic nitrogens is 1. The van der Waals surface area contributed by atoms with Crippen LogP contribution in [0.25, 0.3) is 10.2 Å². The Hall–Kier alpha value is -2.71. The average Bonchev–Trinajstić information content (AvgIpc) is 3.03. The molecule has 0 bridgehead atoms. The number of H-pyrrole nitrogens is 1. The molecule has 0 spiro atoms. The number of pyridine rings is 1. The monoisotopic (exact) mass is 380 g/mol. The van der Waals surface area contributed by atoms with Gasteiger partial charge < -0.3 is 24.9 Å². The van der Waals surface area contributed by atoms with Crippen LogP contribution in [-0.2, 0) is 0 Å². The molecule has 0 saturated carbocycles. The fourth-order valence-electron chi connectivity index (χ4n) is 2.35. The minimum atomic E-state index is -0.784. The van der Waals surface area contributed by atoms with Crippen molar-refractivity contribution in [3.8, 4) is 17.2 Å². The molecule has 0 aliphatic rings. The van der Waals surface area contributed by atoms with Crippen LogP contribution in [0.3, 0.4) is 0 Å². The highest BCUT2D eigenvalue weighted by Crippen LogP contribution is 2.36. The van der Waals surface area contributed by atoms with E-state index in [1.165, 1.54) is 37.7 Å². The molecular formula is C16H13ClN2O5S. The van der Waals surface area contributed by atoms with Gasteiger partial charge in [-0.25, -0.2) is 0 Å². The number of anilines is 1. The number of rotatable bonds is 4. The van der Waals surface area contributed by atoms with Crippen LogP contribution in [-0.4, -0.2) is 30.2 Å². The number of benzene rings is 1. The number of methoxy groups -OCH3 is 2. The number of carbonyl (C=O) groups is 1. The molecule has 1 amide bonds. The summed E-state index contributed by atoms with van der Waals surface area (Å²) >= 11 is 7.28. The Balaban J connectivity index is 2.04. The van der Waals surface area contributed by atoms with Gasteiger partial charge in [-0.15, -0.1) is 11.3 Å². The van der Waals surface area contributed by atoms with Gasteiger partial charge in [-0.3, -0.25) is 9.59 Å². The molecule has 0 saturated heterocycles. The summed E-state index contributed by atoms with van der Waals surface area (Å²) in [4.78, 5) is 27.3. The number of ether oxygens (including phenoxy) is 2. The van der Waals surface area contributed by atoms with Crippen molar-refractivity contribution < 1.29 is 19.4 Å². The minimum Gasteiger partial charge on any atom is -0.505 e. The molecule has 2 aromatic heterocycles. The normalized spacial score (nSPS) is 10.7. The number of carbonyl (C=O) groups excluding carboxylic acids is 1. The summed E-state index contributed by atoms with van der Waals surface area (Å²) in [6.45, 7) is 0. The van der Waals surface area contributed by atoms with E-state index in [-0.39, 0.29) is 22.0 Å². The fourth-order valence-corrected chi connectivity index (χ4v) is 3.39. The van der Waals surface area contributed by atoms with Gasteiger partial charge in [0.15, 0.2) is 5.75 Å². The van der Waals surface area contributed by atoms with Gasteiger partial charge in [0.1, 0.15) is 17.1 Å². The number of hydrogen-bond acceptors (Lipinski definition) is 6. The molecular weight excluding hydrogens is 368 g/mol. The van der Waals surface area contributed by atoms with Crippen LogP contribution in [0.5, 0.6) is 17.2 Å². The van der Waals surface area contributed by atoms with E-state index in [1.54, 1.807) is 11.4 Å². The second kappa shape index (κ2) is 6.66. The Bertz CT molecular complexity index is 1030. The highest BCUT2D eigenvalue weighted by molar-refractivity contribution is 7.17. The van der Waals surface area contributed by atoms with Gasteiger partial charge in [-0.2, -0.15) is 0 Å². The lowest BCUT2D eigenvalue weighted by molar-refractivity contribution is 0.102. The Kier molecular flexibility index (Phi) is 4.56. The average molecular weight is 381 g/mol. The van der Waals surface area contributed by atoms with Gasteiger partial charge in [0.2, 0.25) is 0 Å². The molecule has 1 aromatic carbocycles. The summed E-state index contributed by atoms with van der Waals surface area (Å²) in [5, 5.41) is 14.8. The molecule has 0 aliphatic heterocycles. The number of halogens is 1. The van der Waals surface area contributed by atoms with E-state index < -0.39 is 11.5 Å². The molecule has 130 valence electrons. The van der Waals surface area contributed by atoms with Crippen molar-refractivity contribution in [1.82, 2.24) is 4.98 Å². The van der Waals surface area contributed by atoms with Gasteiger partial charge >= 0.3 is 0 Å². The number of nitrogens with one attached hydrogen (secondary N) is 2. The highest BCUT2D eigenvalue weighted by atomic mass is 35.5. The molecule has 9 heteroatoms. The largest absolute Gasteiger partial charge is 0.505 e. The predicted molar refractivity (Wildman–Crippen MR) is 96.6 cm³/mol. The van der Waals surface area contributed by atoms with Crippen molar-refractivity contribution in [3.63, 3.8) is 0 Å². The van der Waals surface area contributed by atoms with Crippen LogP contribution in [0, 0.1) is 0 Å². The minimum absolute atomic E-state index is 0.239. The zero-order valence-electron chi connectivity index (χ0n) is 13.2. The molecule has 0 fully saturated rings. The number of fused-ring (bicyclic) bond motifs is 1. The van der Waals surface area contributed by atoms with Crippen molar-refractivity contribution in [2.75, 3.05) is 19.5 Å². The lowest BCUT2D eigenvalue weighted by Gasteiger charge is -2.13. The molecule has 2 heterocycles. The quantitative estimate of drug-likeness (QED) is 0.645. The first-order valence-corrected chi connectivity index (χ1v) is 8.27. The summed E-state index contributed by atoms with van der Waals surface area (Å²) in [5.41, 5.74) is -0.374. The molecule has 7 nitrogen and oxygen atoms in total. The van der Waals surface area contributed by atoms with E-state index >= 15 is 0 Å². The molecule has 3 aromatic rings. The van der Waals surface area contributed by atoms with Crippen LogP contribution >= 0.6 is 22.9 Å². The lowest BCUT2D eigenvalue weighted by Crippen LogP contribution is -2.23. The standard InChI is InChI=1S/C16H13ClN2O5S/c1-23-10-6-11(24-2)9(5-7(10)17)19-16(22)12-13(20)14-8(3-4-25-14)18-15(12)21/h3-6H,1-2H3,(H,19,22)(H2,18,20,21). The van der Waals surface area contributed by atoms with Gasteiger partial charge in [0.25, 0.3) is 11.5 Å².